The summed E-state index contributed by atoms with van der Waals surface area (Å²) in [6, 6.07) is 19.0. The van der Waals surface area contributed by atoms with Crippen molar-refractivity contribution in [2.24, 2.45) is 0 Å². The van der Waals surface area contributed by atoms with Crippen LogP contribution in [-0.2, 0) is 43.1 Å². The smallest absolute Gasteiger partial charge is 0.386 e. The molecule has 0 saturated carbocycles. The van der Waals surface area contributed by atoms with E-state index < -0.39 is 7.82 Å². The third-order valence-electron chi connectivity index (χ3n) is 8.64. The molecule has 0 aliphatic carbocycles. The normalized spacial score (nSPS) is 11.5. The molecule has 0 fully saturated rings. The van der Waals surface area contributed by atoms with Gasteiger partial charge >= 0.3 is 7.82 Å². The maximum Gasteiger partial charge on any atom is 0.647 e. The van der Waals surface area contributed by atoms with Gasteiger partial charge in [-0.15, -0.1) is 0 Å². The van der Waals surface area contributed by atoms with Crippen LogP contribution in [-0.4, -0.2) is 0 Å². The molecule has 3 rings (SSSR count). The van der Waals surface area contributed by atoms with E-state index in [4.69, 9.17) is 13.6 Å². The molecule has 0 aliphatic heterocycles. The summed E-state index contributed by atoms with van der Waals surface area (Å²) in [5.74, 6) is 1.65. The van der Waals surface area contributed by atoms with E-state index in [2.05, 4.69) is 59.7 Å². The van der Waals surface area contributed by atoms with Crippen LogP contribution in [0.4, 0.5) is 0 Å². The second-order valence-electron chi connectivity index (χ2n) is 13.3. The van der Waals surface area contributed by atoms with Crippen molar-refractivity contribution in [2.75, 3.05) is 0 Å². The van der Waals surface area contributed by atoms with Gasteiger partial charge < -0.3 is 13.6 Å². The molecule has 0 amide bonds. The molecule has 0 aromatic heterocycles. The minimum atomic E-state index is -4.16. The Balaban J connectivity index is 2.09. The van der Waals surface area contributed by atoms with Crippen molar-refractivity contribution in [3.63, 3.8) is 0 Å². The lowest BCUT2D eigenvalue weighted by Gasteiger charge is -2.22. The Morgan fingerprint density at radius 3 is 0.723 bits per heavy atom. The van der Waals surface area contributed by atoms with Crippen molar-refractivity contribution in [1.82, 2.24) is 0 Å². The summed E-state index contributed by atoms with van der Waals surface area (Å²) in [4.78, 5) is 0. The second-order valence-corrected chi connectivity index (χ2v) is 14.7. The third-order valence-corrected chi connectivity index (χ3v) is 9.95. The Labute approximate surface area is 287 Å². The molecule has 0 N–H and O–H groups in total. The Hall–Kier alpha value is -2.71. The van der Waals surface area contributed by atoms with Crippen LogP contribution < -0.4 is 13.6 Å². The largest absolute Gasteiger partial charge is 0.647 e. The molecule has 0 unspecified atom stereocenters. The molecule has 47 heavy (non-hydrogen) atoms. The van der Waals surface area contributed by atoms with Gasteiger partial charge in [0.1, 0.15) is 17.2 Å². The zero-order valence-electron chi connectivity index (χ0n) is 30.5. The standard InChI is InChI=1S/C42H63O4P/c1-7-13-19-34-25-35(20-14-8-2)29-40(28-34)44-47(43,45-41-30-36(21-15-9-3)26-37(31-41)22-16-10-4)46-42-32-38(23-17-11-5)27-39(33-42)24-18-12-6/h25-33H,7-24H2,1-6H3. The van der Waals surface area contributed by atoms with Gasteiger partial charge in [-0.25, -0.2) is 0 Å². The summed E-state index contributed by atoms with van der Waals surface area (Å²) in [7, 11) is -4.16. The molecule has 0 atom stereocenters. The van der Waals surface area contributed by atoms with Crippen molar-refractivity contribution in [2.45, 2.75) is 157 Å². The molecule has 0 bridgehead atoms. The van der Waals surface area contributed by atoms with Crippen molar-refractivity contribution >= 4 is 7.82 Å². The van der Waals surface area contributed by atoms with Gasteiger partial charge in [0.2, 0.25) is 0 Å². The van der Waals surface area contributed by atoms with Crippen LogP contribution >= 0.6 is 7.82 Å². The lowest BCUT2D eigenvalue weighted by molar-refractivity contribution is 0.298. The predicted octanol–water partition coefficient (Wildman–Crippen LogP) is 13.4. The highest BCUT2D eigenvalue weighted by Gasteiger charge is 2.34. The zero-order valence-corrected chi connectivity index (χ0v) is 31.4. The number of unbranched alkanes of at least 4 members (excludes halogenated alkanes) is 6. The van der Waals surface area contributed by atoms with E-state index in [9.17, 15) is 0 Å². The topological polar surface area (TPSA) is 44.8 Å². The van der Waals surface area contributed by atoms with Gasteiger partial charge in [-0.1, -0.05) is 98.3 Å². The average Bonchev–Trinajstić information content (AvgIpc) is 3.05. The fourth-order valence-electron chi connectivity index (χ4n) is 5.94. The quantitative estimate of drug-likeness (QED) is 0.0896. The number of hydrogen-bond donors (Lipinski definition) is 0. The molecule has 260 valence electrons. The molecule has 0 spiro atoms. The van der Waals surface area contributed by atoms with E-state index in [-0.39, 0.29) is 0 Å². The monoisotopic (exact) mass is 662 g/mol. The number of phosphoric ester groups is 1. The van der Waals surface area contributed by atoms with Crippen LogP contribution in [0.5, 0.6) is 17.2 Å². The fourth-order valence-corrected chi connectivity index (χ4v) is 7.14. The van der Waals surface area contributed by atoms with E-state index in [1.165, 1.54) is 33.4 Å². The number of benzene rings is 3. The van der Waals surface area contributed by atoms with Gasteiger partial charge in [-0.3, -0.25) is 0 Å². The summed E-state index contributed by atoms with van der Waals surface area (Å²) < 4.78 is 34.3. The van der Waals surface area contributed by atoms with E-state index in [0.717, 1.165) is 116 Å². The lowest BCUT2D eigenvalue weighted by Crippen LogP contribution is -2.09. The first kappa shape index (κ1) is 38.7. The van der Waals surface area contributed by atoms with Crippen LogP contribution in [0.25, 0.3) is 0 Å². The van der Waals surface area contributed by atoms with Crippen LogP contribution in [0.15, 0.2) is 54.6 Å². The zero-order chi connectivity index (χ0) is 33.9. The van der Waals surface area contributed by atoms with Crippen molar-refractivity contribution < 1.29 is 18.1 Å². The summed E-state index contributed by atoms with van der Waals surface area (Å²) >= 11 is 0. The Kier molecular flexibility index (Phi) is 17.6. The average molecular weight is 663 g/mol. The first-order valence-electron chi connectivity index (χ1n) is 18.9. The molecule has 3 aromatic carbocycles. The highest BCUT2D eigenvalue weighted by atomic mass is 31.2. The molecule has 0 radical (unpaired) electrons. The number of hydrogen-bond acceptors (Lipinski definition) is 4. The Bertz CT molecular complexity index is 1140. The SMILES string of the molecule is CCCCc1cc(CCCC)cc(OP(=O)(Oc2cc(CCCC)cc(CCCC)c2)Oc2cc(CCCC)cc(CCCC)c2)c1. The van der Waals surface area contributed by atoms with E-state index in [1.54, 1.807) is 0 Å². The highest BCUT2D eigenvalue weighted by Crippen LogP contribution is 2.51. The maximum absolute atomic E-state index is 15.0. The summed E-state index contributed by atoms with van der Waals surface area (Å²) in [6.45, 7) is 13.3. The van der Waals surface area contributed by atoms with Gasteiger partial charge in [-0.05, 0) is 147 Å². The van der Waals surface area contributed by atoms with Gasteiger partial charge in [0.25, 0.3) is 0 Å². The van der Waals surface area contributed by atoms with Crippen LogP contribution in [0, 0.1) is 0 Å². The van der Waals surface area contributed by atoms with E-state index in [1.807, 2.05) is 36.4 Å². The molecule has 0 heterocycles. The maximum atomic E-state index is 15.0. The number of rotatable bonds is 24. The molecule has 0 saturated heterocycles. The molecule has 3 aromatic rings. The fraction of sp³-hybridized carbons (Fsp3) is 0.571. The van der Waals surface area contributed by atoms with E-state index >= 15 is 4.57 Å². The predicted molar refractivity (Wildman–Crippen MR) is 200 cm³/mol. The van der Waals surface area contributed by atoms with Crippen molar-refractivity contribution in [3.8, 4) is 17.2 Å². The summed E-state index contributed by atoms with van der Waals surface area (Å²) in [5.41, 5.74) is 7.22. The van der Waals surface area contributed by atoms with Gasteiger partial charge in [0.15, 0.2) is 0 Å². The van der Waals surface area contributed by atoms with Gasteiger partial charge in [0.05, 0.1) is 0 Å². The number of phosphoric acid groups is 1. The Morgan fingerprint density at radius 1 is 0.362 bits per heavy atom. The highest BCUT2D eigenvalue weighted by molar-refractivity contribution is 7.49. The first-order valence-corrected chi connectivity index (χ1v) is 20.4. The second kappa shape index (κ2) is 21.3. The van der Waals surface area contributed by atoms with Crippen molar-refractivity contribution in [1.29, 1.82) is 0 Å². The molecular formula is C42H63O4P. The Morgan fingerprint density at radius 2 is 0.553 bits per heavy atom. The molecule has 4 nitrogen and oxygen atoms in total. The summed E-state index contributed by atoms with van der Waals surface area (Å²) in [5, 5.41) is 0. The van der Waals surface area contributed by atoms with Crippen LogP contribution in [0.3, 0.4) is 0 Å². The van der Waals surface area contributed by atoms with Gasteiger partial charge in [0, 0.05) is 0 Å². The van der Waals surface area contributed by atoms with Gasteiger partial charge in [-0.2, -0.15) is 4.57 Å². The van der Waals surface area contributed by atoms with Crippen LogP contribution in [0.1, 0.15) is 152 Å². The molecular weight excluding hydrogens is 599 g/mol. The van der Waals surface area contributed by atoms with Crippen molar-refractivity contribution in [3.05, 3.63) is 88.0 Å². The molecule has 5 heteroatoms. The number of aryl methyl sites for hydroxylation is 6. The molecule has 0 aliphatic rings. The lowest BCUT2D eigenvalue weighted by atomic mass is 10.0. The first-order chi connectivity index (χ1) is 22.8. The third kappa shape index (κ3) is 14.1. The van der Waals surface area contributed by atoms with Crippen LogP contribution in [0.2, 0.25) is 0 Å². The minimum Gasteiger partial charge on any atom is -0.386 e. The minimum absolute atomic E-state index is 0.551. The van der Waals surface area contributed by atoms with E-state index in [0.29, 0.717) is 17.2 Å². The summed E-state index contributed by atoms with van der Waals surface area (Å²) in [6.07, 6.45) is 19.0.